The van der Waals surface area contributed by atoms with Crippen LogP contribution in [-0.4, -0.2) is 4.98 Å². The van der Waals surface area contributed by atoms with E-state index in [0.717, 1.165) is 43.6 Å². The molecule has 0 radical (unpaired) electrons. The molecule has 0 aromatic carbocycles. The summed E-state index contributed by atoms with van der Waals surface area (Å²) in [7, 11) is 0. The van der Waals surface area contributed by atoms with E-state index in [0.29, 0.717) is 17.4 Å². The number of aryl methyl sites for hydroxylation is 2. The first-order chi connectivity index (χ1) is 10.7. The Morgan fingerprint density at radius 3 is 2.73 bits per heavy atom. The van der Waals surface area contributed by atoms with Crippen LogP contribution < -0.4 is 0 Å². The van der Waals surface area contributed by atoms with Gasteiger partial charge in [-0.3, -0.25) is 0 Å². The summed E-state index contributed by atoms with van der Waals surface area (Å²) in [6, 6.07) is 0. The van der Waals surface area contributed by atoms with Gasteiger partial charge in [0.1, 0.15) is 11.6 Å². The zero-order valence-corrected chi connectivity index (χ0v) is 13.5. The van der Waals surface area contributed by atoms with Gasteiger partial charge in [-0.1, -0.05) is 19.1 Å². The van der Waals surface area contributed by atoms with Crippen molar-refractivity contribution in [1.29, 1.82) is 0 Å². The molecular weight excluding hydrogens is 277 g/mol. The molecule has 0 N–H and O–H groups in total. The largest absolute Gasteiger partial charge is 0.441 e. The Hall–Kier alpha value is -1.64. The highest BCUT2D eigenvalue weighted by molar-refractivity contribution is 5.74. The molecule has 3 rings (SSSR count). The van der Waals surface area contributed by atoms with Crippen LogP contribution in [0.15, 0.2) is 34.0 Å². The van der Waals surface area contributed by atoms with E-state index >= 15 is 0 Å². The highest BCUT2D eigenvalue weighted by Crippen LogP contribution is 2.40. The second-order valence-corrected chi connectivity index (χ2v) is 6.18. The number of allylic oxidation sites excluding steroid dienone is 6. The molecule has 0 bridgehead atoms. The second-order valence-electron chi connectivity index (χ2n) is 6.18. The molecule has 1 saturated carbocycles. The lowest BCUT2D eigenvalue weighted by atomic mass is 10.0. The zero-order chi connectivity index (χ0) is 15.5. The maximum absolute atomic E-state index is 14.4. The first-order valence-corrected chi connectivity index (χ1v) is 8.45. The third-order valence-electron chi connectivity index (χ3n) is 4.39. The summed E-state index contributed by atoms with van der Waals surface area (Å²) in [6.45, 7) is 3.83. The summed E-state index contributed by atoms with van der Waals surface area (Å²) < 4.78 is 20.3. The van der Waals surface area contributed by atoms with E-state index in [4.69, 9.17) is 4.42 Å². The first kappa shape index (κ1) is 15.3. The van der Waals surface area contributed by atoms with Gasteiger partial charge in [-0.2, -0.15) is 0 Å². The van der Waals surface area contributed by atoms with E-state index in [1.165, 1.54) is 24.5 Å². The van der Waals surface area contributed by atoms with Crippen LogP contribution in [0.3, 0.4) is 0 Å². The molecule has 1 heterocycles. The Kier molecular flexibility index (Phi) is 4.60. The minimum absolute atomic E-state index is 0.249. The summed E-state index contributed by atoms with van der Waals surface area (Å²) in [5.74, 6) is 1.74. The Bertz CT molecular complexity index is 608. The van der Waals surface area contributed by atoms with Gasteiger partial charge in [0, 0.05) is 6.42 Å². The van der Waals surface area contributed by atoms with Crippen molar-refractivity contribution in [2.75, 3.05) is 0 Å². The normalized spacial score (nSPS) is 20.2. The summed E-state index contributed by atoms with van der Waals surface area (Å²) in [5, 5.41) is 0. The molecule has 0 atom stereocenters. The van der Waals surface area contributed by atoms with E-state index < -0.39 is 0 Å². The van der Waals surface area contributed by atoms with Gasteiger partial charge < -0.3 is 4.42 Å². The minimum atomic E-state index is -0.249. The van der Waals surface area contributed by atoms with Gasteiger partial charge in [0.25, 0.3) is 0 Å². The number of hydrogen-bond acceptors (Lipinski definition) is 2. The van der Waals surface area contributed by atoms with Crippen LogP contribution in [-0.2, 0) is 12.8 Å². The van der Waals surface area contributed by atoms with Crippen LogP contribution in [0.4, 0.5) is 4.39 Å². The molecule has 0 saturated heterocycles. The highest BCUT2D eigenvalue weighted by atomic mass is 19.1. The fraction of sp³-hybridized carbons (Fsp3) is 0.526. The number of hydrogen-bond donors (Lipinski definition) is 0. The van der Waals surface area contributed by atoms with Crippen molar-refractivity contribution in [2.24, 2.45) is 5.92 Å². The van der Waals surface area contributed by atoms with Crippen LogP contribution in [0.5, 0.6) is 0 Å². The maximum Gasteiger partial charge on any atom is 0.229 e. The zero-order valence-electron chi connectivity index (χ0n) is 13.5. The number of nitrogens with zero attached hydrogens (tertiary/aromatic N) is 1. The highest BCUT2D eigenvalue weighted by Gasteiger charge is 2.27. The number of halogens is 1. The molecular formula is C19H24FNO. The van der Waals surface area contributed by atoms with E-state index in [2.05, 4.69) is 18.0 Å². The van der Waals surface area contributed by atoms with Crippen LogP contribution in [0.1, 0.15) is 63.3 Å². The molecule has 2 aliphatic carbocycles. The van der Waals surface area contributed by atoms with E-state index in [9.17, 15) is 4.39 Å². The van der Waals surface area contributed by atoms with Crippen molar-refractivity contribution < 1.29 is 8.81 Å². The molecule has 1 aromatic heterocycles. The molecule has 2 nitrogen and oxygen atoms in total. The van der Waals surface area contributed by atoms with Crippen LogP contribution in [0.2, 0.25) is 0 Å². The van der Waals surface area contributed by atoms with Gasteiger partial charge >= 0.3 is 0 Å². The number of aromatic nitrogens is 1. The predicted octanol–water partition coefficient (Wildman–Crippen LogP) is 5.56. The quantitative estimate of drug-likeness (QED) is 0.666. The smallest absolute Gasteiger partial charge is 0.229 e. The van der Waals surface area contributed by atoms with Crippen molar-refractivity contribution in [3.63, 3.8) is 0 Å². The van der Waals surface area contributed by atoms with Crippen molar-refractivity contribution in [3.05, 3.63) is 47.0 Å². The number of oxazole rings is 1. The van der Waals surface area contributed by atoms with Gasteiger partial charge in [-0.25, -0.2) is 9.37 Å². The third-order valence-corrected chi connectivity index (χ3v) is 4.39. The first-order valence-electron chi connectivity index (χ1n) is 8.45. The van der Waals surface area contributed by atoms with Gasteiger partial charge in [0.15, 0.2) is 0 Å². The molecule has 118 valence electrons. The Balaban J connectivity index is 1.99. The Labute approximate surface area is 131 Å². The summed E-state index contributed by atoms with van der Waals surface area (Å²) >= 11 is 0. The van der Waals surface area contributed by atoms with Crippen LogP contribution in [0, 0.1) is 5.92 Å². The van der Waals surface area contributed by atoms with Crippen molar-refractivity contribution >= 4 is 5.57 Å². The summed E-state index contributed by atoms with van der Waals surface area (Å²) in [6.07, 6.45) is 13.2. The molecule has 3 heteroatoms. The third kappa shape index (κ3) is 3.23. The van der Waals surface area contributed by atoms with E-state index in [-0.39, 0.29) is 5.83 Å². The van der Waals surface area contributed by atoms with Gasteiger partial charge in [0.2, 0.25) is 5.89 Å². The van der Waals surface area contributed by atoms with Crippen molar-refractivity contribution in [3.8, 4) is 0 Å². The fourth-order valence-corrected chi connectivity index (χ4v) is 3.02. The fourth-order valence-electron chi connectivity index (χ4n) is 3.02. The molecule has 0 spiro atoms. The average molecular weight is 301 g/mol. The molecule has 0 aliphatic heterocycles. The van der Waals surface area contributed by atoms with E-state index in [1.54, 1.807) is 6.92 Å². The topological polar surface area (TPSA) is 26.0 Å². The number of rotatable bonds is 5. The molecule has 0 amide bonds. The molecule has 1 aromatic rings. The van der Waals surface area contributed by atoms with Crippen molar-refractivity contribution in [1.82, 2.24) is 4.98 Å². The summed E-state index contributed by atoms with van der Waals surface area (Å²) in [5.41, 5.74) is 2.75. The van der Waals surface area contributed by atoms with Crippen LogP contribution in [0.25, 0.3) is 5.57 Å². The lowest BCUT2D eigenvalue weighted by Gasteiger charge is -2.05. The molecule has 1 fully saturated rings. The van der Waals surface area contributed by atoms with Crippen molar-refractivity contribution in [2.45, 2.75) is 58.8 Å². The lowest BCUT2D eigenvalue weighted by molar-refractivity contribution is 0.465. The lowest BCUT2D eigenvalue weighted by Crippen LogP contribution is -1.99. The maximum atomic E-state index is 14.4. The minimum Gasteiger partial charge on any atom is -0.441 e. The number of fused-ring (bicyclic) bond motifs is 1. The standard InChI is InChI=1S/C19H24FNO/c1-3-7-14(13-10-11-13)12-15(16(20)4-2)19-21-17-8-5-6-9-18(17)22-19/h4,7,12-13H,3,5-6,8-11H2,1-2H3/b14-7-,15-12+,16-4+. The summed E-state index contributed by atoms with van der Waals surface area (Å²) in [4.78, 5) is 4.57. The second kappa shape index (κ2) is 6.64. The van der Waals surface area contributed by atoms with Gasteiger partial charge in [-0.05, 0) is 63.0 Å². The predicted molar refractivity (Wildman–Crippen MR) is 87.1 cm³/mol. The Morgan fingerprint density at radius 2 is 2.09 bits per heavy atom. The molecule has 0 unspecified atom stereocenters. The average Bonchev–Trinajstić information content (AvgIpc) is 3.29. The Morgan fingerprint density at radius 1 is 1.32 bits per heavy atom. The van der Waals surface area contributed by atoms with E-state index in [1.807, 2.05) is 6.08 Å². The molecule has 2 aliphatic rings. The van der Waals surface area contributed by atoms with Gasteiger partial charge in [-0.15, -0.1) is 0 Å². The molecule has 22 heavy (non-hydrogen) atoms. The van der Waals surface area contributed by atoms with Gasteiger partial charge in [0.05, 0.1) is 11.3 Å². The SMILES string of the molecule is C\C=C(F)/C(=C\C(=C\CC)C1CC1)c1nc2c(o1)CCCC2. The monoisotopic (exact) mass is 301 g/mol. The van der Waals surface area contributed by atoms with Crippen LogP contribution >= 0.6 is 0 Å².